The zero-order valence-electron chi connectivity index (χ0n) is 17.4. The van der Waals surface area contributed by atoms with Crippen molar-refractivity contribution in [2.24, 2.45) is 0 Å². The summed E-state index contributed by atoms with van der Waals surface area (Å²) >= 11 is 0. The van der Waals surface area contributed by atoms with E-state index in [1.54, 1.807) is 36.5 Å². The molecule has 1 aromatic rings. The van der Waals surface area contributed by atoms with Crippen molar-refractivity contribution in [2.45, 2.75) is 6.42 Å². The third-order valence-corrected chi connectivity index (χ3v) is 4.64. The SMILES string of the molecule is C=CN(/C=C\NC)CCc1cc(NC2=CC(=O)C(N(C)CCO)=CC2=O)ccc1N. The number of nitrogens with zero attached hydrogens (tertiary/aromatic N) is 2. The van der Waals surface area contributed by atoms with Crippen LogP contribution in [0.5, 0.6) is 0 Å². The maximum atomic E-state index is 12.5. The van der Waals surface area contributed by atoms with E-state index in [4.69, 9.17) is 10.8 Å². The van der Waals surface area contributed by atoms with Crippen LogP contribution in [-0.4, -0.2) is 60.3 Å². The van der Waals surface area contributed by atoms with Gasteiger partial charge in [0.2, 0.25) is 11.6 Å². The molecular formula is C22H29N5O3. The second-order valence-electron chi connectivity index (χ2n) is 6.77. The monoisotopic (exact) mass is 411 g/mol. The number of nitrogens with two attached hydrogens (primary N) is 1. The van der Waals surface area contributed by atoms with E-state index in [9.17, 15) is 9.59 Å². The van der Waals surface area contributed by atoms with Crippen molar-refractivity contribution < 1.29 is 14.7 Å². The van der Waals surface area contributed by atoms with Gasteiger partial charge in [0.25, 0.3) is 0 Å². The number of anilines is 2. The first-order chi connectivity index (χ1) is 14.4. The molecule has 0 saturated heterocycles. The van der Waals surface area contributed by atoms with Crippen molar-refractivity contribution >= 4 is 22.9 Å². The van der Waals surface area contributed by atoms with Gasteiger partial charge < -0.3 is 31.3 Å². The smallest absolute Gasteiger partial charge is 0.204 e. The maximum Gasteiger partial charge on any atom is 0.204 e. The molecule has 0 aliphatic heterocycles. The van der Waals surface area contributed by atoms with Crippen molar-refractivity contribution in [3.8, 4) is 0 Å². The molecule has 0 fully saturated rings. The van der Waals surface area contributed by atoms with Crippen LogP contribution in [0.1, 0.15) is 5.56 Å². The number of aliphatic hydroxyl groups is 1. The summed E-state index contributed by atoms with van der Waals surface area (Å²) in [4.78, 5) is 28.3. The average Bonchev–Trinajstić information content (AvgIpc) is 2.72. The lowest BCUT2D eigenvalue weighted by atomic mass is 10.0. The van der Waals surface area contributed by atoms with Crippen LogP contribution in [0.15, 0.2) is 66.9 Å². The average molecular weight is 412 g/mol. The van der Waals surface area contributed by atoms with Crippen LogP contribution in [0.25, 0.3) is 0 Å². The largest absolute Gasteiger partial charge is 0.399 e. The minimum atomic E-state index is -0.303. The van der Waals surface area contributed by atoms with Crippen molar-refractivity contribution in [1.82, 2.24) is 15.1 Å². The van der Waals surface area contributed by atoms with Crippen LogP contribution in [-0.2, 0) is 16.0 Å². The Labute approximate surface area is 177 Å². The molecule has 0 bridgehead atoms. The Hall–Kier alpha value is -3.52. The number of carbonyl (C=O) groups excluding carboxylic acids is 2. The number of aliphatic hydroxyl groups excluding tert-OH is 1. The molecule has 1 aliphatic carbocycles. The molecule has 0 saturated carbocycles. The first-order valence-electron chi connectivity index (χ1n) is 9.61. The molecule has 8 heteroatoms. The van der Waals surface area contributed by atoms with Gasteiger partial charge >= 0.3 is 0 Å². The third-order valence-electron chi connectivity index (χ3n) is 4.64. The minimum absolute atomic E-state index is 0.105. The molecule has 0 spiro atoms. The van der Waals surface area contributed by atoms with Crippen molar-refractivity contribution in [3.63, 3.8) is 0 Å². The fourth-order valence-electron chi connectivity index (χ4n) is 2.92. The number of benzene rings is 1. The van der Waals surface area contributed by atoms with Gasteiger partial charge in [-0.15, -0.1) is 0 Å². The van der Waals surface area contributed by atoms with Gasteiger partial charge in [0.05, 0.1) is 18.0 Å². The van der Waals surface area contributed by atoms with Crippen molar-refractivity contribution in [3.05, 3.63) is 72.5 Å². The van der Waals surface area contributed by atoms with Crippen LogP contribution in [0.2, 0.25) is 0 Å². The second-order valence-corrected chi connectivity index (χ2v) is 6.77. The summed E-state index contributed by atoms with van der Waals surface area (Å²) < 4.78 is 0. The zero-order valence-corrected chi connectivity index (χ0v) is 17.4. The molecule has 0 atom stereocenters. The molecule has 1 aromatic carbocycles. The molecule has 0 heterocycles. The van der Waals surface area contributed by atoms with E-state index in [1.807, 2.05) is 24.2 Å². The van der Waals surface area contributed by atoms with Crippen LogP contribution < -0.4 is 16.4 Å². The van der Waals surface area contributed by atoms with Gasteiger partial charge in [0.15, 0.2) is 0 Å². The van der Waals surface area contributed by atoms with Gasteiger partial charge in [0.1, 0.15) is 0 Å². The first-order valence-corrected chi connectivity index (χ1v) is 9.61. The highest BCUT2D eigenvalue weighted by molar-refractivity contribution is 6.20. The molecule has 0 aromatic heterocycles. The summed E-state index contributed by atoms with van der Waals surface area (Å²) in [5, 5.41) is 15.0. The fourth-order valence-corrected chi connectivity index (χ4v) is 2.92. The number of rotatable bonds is 11. The highest BCUT2D eigenvalue weighted by Gasteiger charge is 2.23. The number of nitrogens with one attached hydrogen (secondary N) is 2. The number of hydrogen-bond acceptors (Lipinski definition) is 8. The van der Waals surface area contributed by atoms with E-state index < -0.39 is 0 Å². The molecule has 0 radical (unpaired) electrons. The second kappa shape index (κ2) is 10.9. The van der Waals surface area contributed by atoms with E-state index in [0.29, 0.717) is 24.3 Å². The van der Waals surface area contributed by atoms with Gasteiger partial charge in [0, 0.05) is 63.1 Å². The highest BCUT2D eigenvalue weighted by atomic mass is 16.3. The summed E-state index contributed by atoms with van der Waals surface area (Å²) in [7, 11) is 3.48. The zero-order chi connectivity index (χ0) is 22.1. The molecule has 160 valence electrons. The standard InChI is InChI=1S/C22H29N5O3/c1-4-27(10-8-24-2)9-7-16-13-17(5-6-18(16)23)25-19-14-22(30)20(15-21(19)29)26(3)11-12-28/h4-6,8,10,13-15,24-25,28H,1,7,9,11-12,23H2,2-3H3/b10-8-. The van der Waals surface area contributed by atoms with Gasteiger partial charge in [-0.3, -0.25) is 9.59 Å². The molecule has 8 nitrogen and oxygen atoms in total. The molecular weight excluding hydrogens is 382 g/mol. The van der Waals surface area contributed by atoms with Crippen LogP contribution >= 0.6 is 0 Å². The Morgan fingerprint density at radius 3 is 2.63 bits per heavy atom. The van der Waals surface area contributed by atoms with Crippen molar-refractivity contribution in [2.75, 3.05) is 44.8 Å². The van der Waals surface area contributed by atoms with Gasteiger partial charge in [-0.2, -0.15) is 0 Å². The van der Waals surface area contributed by atoms with E-state index >= 15 is 0 Å². The lowest BCUT2D eigenvalue weighted by Crippen LogP contribution is -2.30. The maximum absolute atomic E-state index is 12.5. The summed E-state index contributed by atoms with van der Waals surface area (Å²) in [5.41, 5.74) is 8.80. The number of hydrogen-bond donors (Lipinski definition) is 4. The predicted molar refractivity (Wildman–Crippen MR) is 119 cm³/mol. The summed E-state index contributed by atoms with van der Waals surface area (Å²) in [6.07, 6.45) is 8.64. The highest BCUT2D eigenvalue weighted by Crippen LogP contribution is 2.22. The summed E-state index contributed by atoms with van der Waals surface area (Å²) in [5.74, 6) is -0.593. The Morgan fingerprint density at radius 2 is 1.97 bits per heavy atom. The first kappa shape index (κ1) is 22.8. The molecule has 5 N–H and O–H groups in total. The number of likely N-dealkylation sites (N-methyl/N-ethyl adjacent to an activating group) is 1. The lowest BCUT2D eigenvalue weighted by molar-refractivity contribution is -0.116. The Morgan fingerprint density at radius 1 is 1.20 bits per heavy atom. The van der Waals surface area contributed by atoms with Crippen LogP contribution in [0.3, 0.4) is 0 Å². The van der Waals surface area contributed by atoms with Crippen LogP contribution in [0, 0.1) is 0 Å². The van der Waals surface area contributed by atoms with E-state index in [0.717, 1.165) is 5.56 Å². The number of allylic oxidation sites excluding steroid dienone is 2. The summed E-state index contributed by atoms with van der Waals surface area (Å²) in [6, 6.07) is 5.40. The molecule has 0 unspecified atom stereocenters. The Kier molecular flexibility index (Phi) is 8.25. The molecule has 2 rings (SSSR count). The number of ketones is 2. The normalized spacial score (nSPS) is 13.7. The molecule has 0 amide bonds. The summed E-state index contributed by atoms with van der Waals surface area (Å²) in [6.45, 7) is 4.64. The lowest BCUT2D eigenvalue weighted by Gasteiger charge is -2.22. The van der Waals surface area contributed by atoms with Gasteiger partial charge in [-0.1, -0.05) is 6.58 Å². The van der Waals surface area contributed by atoms with E-state index in [2.05, 4.69) is 17.2 Å². The topological polar surface area (TPSA) is 111 Å². The number of nitrogen functional groups attached to an aromatic ring is 1. The third kappa shape index (κ3) is 5.99. The van der Waals surface area contributed by atoms with E-state index in [-0.39, 0.29) is 36.1 Å². The van der Waals surface area contributed by atoms with Gasteiger partial charge in [-0.05, 0) is 36.4 Å². The predicted octanol–water partition coefficient (Wildman–Crippen LogP) is 1.20. The quantitative estimate of drug-likeness (QED) is 0.318. The van der Waals surface area contributed by atoms with Gasteiger partial charge in [-0.25, -0.2) is 0 Å². The fraction of sp³-hybridized carbons (Fsp3) is 0.273. The number of carbonyl (C=O) groups is 2. The Balaban J connectivity index is 2.11. The molecule has 1 aliphatic rings. The Bertz CT molecular complexity index is 889. The van der Waals surface area contributed by atoms with Crippen molar-refractivity contribution in [1.29, 1.82) is 0 Å². The minimum Gasteiger partial charge on any atom is -0.399 e. The van der Waals surface area contributed by atoms with E-state index in [1.165, 1.54) is 12.2 Å². The molecule has 30 heavy (non-hydrogen) atoms. The van der Waals surface area contributed by atoms with Crippen LogP contribution in [0.4, 0.5) is 11.4 Å².